The van der Waals surface area contributed by atoms with Crippen LogP contribution in [0.1, 0.15) is 29.0 Å². The molecule has 5 nitrogen and oxygen atoms in total. The SMILES string of the molecule is O=C1C[C@H](c2ccc(O)cc2)c2cnn(Cc3ccc(Cl)cc3)c2N1. The summed E-state index contributed by atoms with van der Waals surface area (Å²) >= 11 is 5.93. The summed E-state index contributed by atoms with van der Waals surface area (Å²) in [5.74, 6) is 0.832. The van der Waals surface area contributed by atoms with E-state index in [1.807, 2.05) is 42.6 Å². The van der Waals surface area contributed by atoms with Gasteiger partial charge in [0.15, 0.2) is 0 Å². The fourth-order valence-corrected chi connectivity index (χ4v) is 3.28. The second kappa shape index (κ2) is 6.26. The standard InChI is InChI=1S/C19H16ClN3O2/c20-14-5-1-12(2-6-14)11-23-19-17(10-21-23)16(9-18(25)22-19)13-3-7-15(24)8-4-13/h1-8,10,16,24H,9,11H2,(H,22,25)/t16-/m1/s1. The van der Waals surface area contributed by atoms with Gasteiger partial charge in [0.2, 0.25) is 5.91 Å². The van der Waals surface area contributed by atoms with Crippen molar-refractivity contribution in [2.75, 3.05) is 5.32 Å². The van der Waals surface area contributed by atoms with Crippen LogP contribution in [0.2, 0.25) is 5.02 Å². The first-order valence-corrected chi connectivity index (χ1v) is 8.37. The number of rotatable bonds is 3. The number of hydrogen-bond donors (Lipinski definition) is 2. The molecule has 0 saturated heterocycles. The summed E-state index contributed by atoms with van der Waals surface area (Å²) in [6.07, 6.45) is 2.17. The third-order valence-corrected chi connectivity index (χ3v) is 4.68. The smallest absolute Gasteiger partial charge is 0.226 e. The van der Waals surface area contributed by atoms with Crippen molar-refractivity contribution in [1.82, 2.24) is 9.78 Å². The van der Waals surface area contributed by atoms with E-state index in [9.17, 15) is 9.90 Å². The number of aromatic hydroxyl groups is 1. The number of nitrogens with one attached hydrogen (secondary N) is 1. The number of nitrogens with zero attached hydrogens (tertiary/aromatic N) is 2. The van der Waals surface area contributed by atoms with E-state index in [0.717, 1.165) is 22.5 Å². The van der Waals surface area contributed by atoms with E-state index in [2.05, 4.69) is 10.4 Å². The van der Waals surface area contributed by atoms with Crippen LogP contribution >= 0.6 is 11.6 Å². The molecule has 0 saturated carbocycles. The third kappa shape index (κ3) is 3.10. The van der Waals surface area contributed by atoms with Gasteiger partial charge in [0.1, 0.15) is 11.6 Å². The molecule has 2 heterocycles. The van der Waals surface area contributed by atoms with Gasteiger partial charge in [0.05, 0.1) is 12.7 Å². The first-order chi connectivity index (χ1) is 12.1. The Bertz CT molecular complexity index is 917. The minimum absolute atomic E-state index is 0.0385. The monoisotopic (exact) mass is 353 g/mol. The van der Waals surface area contributed by atoms with Crippen LogP contribution in [-0.4, -0.2) is 20.8 Å². The number of aromatic nitrogens is 2. The molecule has 0 fully saturated rings. The van der Waals surface area contributed by atoms with Crippen LogP contribution in [0.25, 0.3) is 0 Å². The second-order valence-electron chi connectivity index (χ2n) is 6.13. The highest BCUT2D eigenvalue weighted by atomic mass is 35.5. The zero-order valence-electron chi connectivity index (χ0n) is 13.3. The van der Waals surface area contributed by atoms with Gasteiger partial charge in [-0.2, -0.15) is 5.10 Å². The number of phenolic OH excluding ortho intramolecular Hbond substituents is 1. The van der Waals surface area contributed by atoms with Gasteiger partial charge in [-0.25, -0.2) is 4.68 Å². The lowest BCUT2D eigenvalue weighted by molar-refractivity contribution is -0.116. The second-order valence-corrected chi connectivity index (χ2v) is 6.57. The van der Waals surface area contributed by atoms with Gasteiger partial charge < -0.3 is 10.4 Å². The topological polar surface area (TPSA) is 67.1 Å². The molecule has 0 aliphatic carbocycles. The molecule has 1 aliphatic rings. The zero-order chi connectivity index (χ0) is 17.4. The molecule has 0 radical (unpaired) electrons. The van der Waals surface area contributed by atoms with E-state index in [4.69, 9.17) is 11.6 Å². The Morgan fingerprint density at radius 3 is 2.60 bits per heavy atom. The Balaban J connectivity index is 1.68. The predicted octanol–water partition coefficient (Wildman–Crippen LogP) is 3.76. The summed E-state index contributed by atoms with van der Waals surface area (Å²) < 4.78 is 1.79. The minimum Gasteiger partial charge on any atom is -0.508 e. The Labute approximate surface area is 149 Å². The van der Waals surface area contributed by atoms with E-state index in [0.29, 0.717) is 18.0 Å². The molecule has 2 aromatic carbocycles. The number of phenols is 1. The highest BCUT2D eigenvalue weighted by molar-refractivity contribution is 6.30. The van der Waals surface area contributed by atoms with Gasteiger partial charge in [-0.3, -0.25) is 4.79 Å². The molecule has 3 aromatic rings. The molecule has 126 valence electrons. The lowest BCUT2D eigenvalue weighted by Gasteiger charge is -2.23. The van der Waals surface area contributed by atoms with Gasteiger partial charge in [-0.15, -0.1) is 0 Å². The fourth-order valence-electron chi connectivity index (χ4n) is 3.16. The van der Waals surface area contributed by atoms with Crippen molar-refractivity contribution in [2.24, 2.45) is 0 Å². The number of benzene rings is 2. The maximum absolute atomic E-state index is 12.2. The first kappa shape index (κ1) is 15.7. The van der Waals surface area contributed by atoms with E-state index >= 15 is 0 Å². The van der Waals surface area contributed by atoms with E-state index < -0.39 is 0 Å². The number of hydrogen-bond acceptors (Lipinski definition) is 3. The van der Waals surface area contributed by atoms with E-state index in [-0.39, 0.29) is 17.6 Å². The minimum atomic E-state index is -0.0664. The quantitative estimate of drug-likeness (QED) is 0.753. The summed E-state index contributed by atoms with van der Waals surface area (Å²) in [5, 5.41) is 17.6. The lowest BCUT2D eigenvalue weighted by atomic mass is 9.87. The van der Waals surface area contributed by atoms with E-state index in [1.54, 1.807) is 16.8 Å². The van der Waals surface area contributed by atoms with Gasteiger partial charge in [-0.1, -0.05) is 35.9 Å². The van der Waals surface area contributed by atoms with Crippen molar-refractivity contribution in [3.8, 4) is 5.75 Å². The zero-order valence-corrected chi connectivity index (χ0v) is 14.1. The molecule has 1 atom stereocenters. The van der Waals surface area contributed by atoms with Gasteiger partial charge >= 0.3 is 0 Å². The normalized spacial score (nSPS) is 16.4. The van der Waals surface area contributed by atoms with Gasteiger partial charge in [-0.05, 0) is 35.4 Å². The maximum atomic E-state index is 12.2. The molecule has 0 unspecified atom stereocenters. The number of fused-ring (bicyclic) bond motifs is 1. The molecular weight excluding hydrogens is 338 g/mol. The highest BCUT2D eigenvalue weighted by Gasteiger charge is 2.29. The Morgan fingerprint density at radius 1 is 1.16 bits per heavy atom. The Kier molecular flexibility index (Phi) is 3.93. The van der Waals surface area contributed by atoms with E-state index in [1.165, 1.54) is 0 Å². The molecule has 6 heteroatoms. The summed E-state index contributed by atoms with van der Waals surface area (Å²) in [4.78, 5) is 12.2. The van der Waals surface area contributed by atoms with Gasteiger partial charge in [0, 0.05) is 22.9 Å². The van der Waals surface area contributed by atoms with Crippen molar-refractivity contribution < 1.29 is 9.90 Å². The molecule has 0 bridgehead atoms. The molecule has 1 amide bonds. The number of halogens is 1. The van der Waals surface area contributed by atoms with Crippen LogP contribution < -0.4 is 5.32 Å². The molecule has 1 aromatic heterocycles. The van der Waals surface area contributed by atoms with Crippen LogP contribution in [0.15, 0.2) is 54.7 Å². The summed E-state index contributed by atoms with van der Waals surface area (Å²) in [5.41, 5.74) is 3.02. The molecule has 25 heavy (non-hydrogen) atoms. The van der Waals surface area contributed by atoms with Crippen LogP contribution in [-0.2, 0) is 11.3 Å². The summed E-state index contributed by atoms with van der Waals surface area (Å²) in [7, 11) is 0. The van der Waals surface area contributed by atoms with Crippen LogP contribution in [0.4, 0.5) is 5.82 Å². The van der Waals surface area contributed by atoms with Crippen molar-refractivity contribution in [3.63, 3.8) is 0 Å². The van der Waals surface area contributed by atoms with Crippen LogP contribution in [0.5, 0.6) is 5.75 Å². The van der Waals surface area contributed by atoms with Crippen LogP contribution in [0.3, 0.4) is 0 Å². The van der Waals surface area contributed by atoms with Crippen molar-refractivity contribution >= 4 is 23.3 Å². The predicted molar refractivity (Wildman–Crippen MR) is 96.0 cm³/mol. The average Bonchev–Trinajstić information content (AvgIpc) is 3.00. The molecule has 2 N–H and O–H groups in total. The first-order valence-electron chi connectivity index (χ1n) is 7.99. The number of anilines is 1. The maximum Gasteiger partial charge on any atom is 0.226 e. The number of carbonyl (C=O) groups excluding carboxylic acids is 1. The third-order valence-electron chi connectivity index (χ3n) is 4.43. The Morgan fingerprint density at radius 2 is 1.88 bits per heavy atom. The van der Waals surface area contributed by atoms with Crippen molar-refractivity contribution in [3.05, 3.63) is 76.4 Å². The number of carbonyl (C=O) groups is 1. The largest absolute Gasteiger partial charge is 0.508 e. The van der Waals surface area contributed by atoms with Crippen LogP contribution in [0, 0.1) is 0 Å². The molecular formula is C19H16ClN3O2. The van der Waals surface area contributed by atoms with Gasteiger partial charge in [0.25, 0.3) is 0 Å². The summed E-state index contributed by atoms with van der Waals surface area (Å²) in [6, 6.07) is 14.5. The Hall–Kier alpha value is -2.79. The number of amides is 1. The summed E-state index contributed by atoms with van der Waals surface area (Å²) in [6.45, 7) is 0.551. The molecule has 1 aliphatic heterocycles. The lowest BCUT2D eigenvalue weighted by Crippen LogP contribution is -2.25. The highest BCUT2D eigenvalue weighted by Crippen LogP contribution is 2.37. The van der Waals surface area contributed by atoms with Crippen molar-refractivity contribution in [2.45, 2.75) is 18.9 Å². The molecule has 4 rings (SSSR count). The fraction of sp³-hybridized carbons (Fsp3) is 0.158. The van der Waals surface area contributed by atoms with Crippen molar-refractivity contribution in [1.29, 1.82) is 0 Å². The molecule has 0 spiro atoms. The average molecular weight is 354 g/mol.